The zero-order chi connectivity index (χ0) is 16.2. The minimum atomic E-state index is -0.459. The van der Waals surface area contributed by atoms with Crippen LogP contribution in [-0.4, -0.2) is 35.0 Å². The SMILES string of the molecule is COC(=O)c1cccc(NC(=O)c2ccnc(NC3CC3)n2)c1. The lowest BCUT2D eigenvalue weighted by atomic mass is 10.2. The molecule has 0 bridgehead atoms. The summed E-state index contributed by atoms with van der Waals surface area (Å²) >= 11 is 0. The van der Waals surface area contributed by atoms with Gasteiger partial charge in [0.1, 0.15) is 5.69 Å². The number of nitrogens with one attached hydrogen (secondary N) is 2. The van der Waals surface area contributed by atoms with E-state index in [1.165, 1.54) is 19.4 Å². The molecule has 1 heterocycles. The number of nitrogens with zero attached hydrogens (tertiary/aromatic N) is 2. The zero-order valence-electron chi connectivity index (χ0n) is 12.6. The molecule has 0 spiro atoms. The van der Waals surface area contributed by atoms with Gasteiger partial charge in [0.2, 0.25) is 5.95 Å². The van der Waals surface area contributed by atoms with E-state index in [0.29, 0.717) is 23.2 Å². The van der Waals surface area contributed by atoms with Crippen LogP contribution in [0.1, 0.15) is 33.7 Å². The van der Waals surface area contributed by atoms with Gasteiger partial charge in [-0.15, -0.1) is 0 Å². The maximum atomic E-state index is 12.3. The van der Waals surface area contributed by atoms with Crippen LogP contribution >= 0.6 is 0 Å². The number of benzene rings is 1. The lowest BCUT2D eigenvalue weighted by molar-refractivity contribution is 0.0600. The molecule has 2 aromatic rings. The van der Waals surface area contributed by atoms with Crippen LogP contribution in [0.5, 0.6) is 0 Å². The van der Waals surface area contributed by atoms with Gasteiger partial charge < -0.3 is 15.4 Å². The van der Waals surface area contributed by atoms with E-state index in [-0.39, 0.29) is 11.6 Å². The summed E-state index contributed by atoms with van der Waals surface area (Å²) in [7, 11) is 1.31. The lowest BCUT2D eigenvalue weighted by Crippen LogP contribution is -2.16. The van der Waals surface area contributed by atoms with Crippen LogP contribution in [0.2, 0.25) is 0 Å². The predicted molar refractivity (Wildman–Crippen MR) is 84.4 cm³/mol. The van der Waals surface area contributed by atoms with Gasteiger partial charge in [-0.1, -0.05) is 6.07 Å². The Morgan fingerprint density at radius 3 is 2.83 bits per heavy atom. The Kier molecular flexibility index (Phi) is 4.18. The topological polar surface area (TPSA) is 93.2 Å². The van der Waals surface area contributed by atoms with Crippen LogP contribution in [0.25, 0.3) is 0 Å². The van der Waals surface area contributed by atoms with Crippen molar-refractivity contribution in [2.45, 2.75) is 18.9 Å². The molecule has 1 aliphatic carbocycles. The number of anilines is 2. The van der Waals surface area contributed by atoms with E-state index in [1.807, 2.05) is 0 Å². The average molecular weight is 312 g/mol. The lowest BCUT2D eigenvalue weighted by Gasteiger charge is -2.07. The van der Waals surface area contributed by atoms with Crippen molar-refractivity contribution in [3.05, 3.63) is 47.8 Å². The molecule has 0 radical (unpaired) electrons. The smallest absolute Gasteiger partial charge is 0.337 e. The summed E-state index contributed by atoms with van der Waals surface area (Å²) in [4.78, 5) is 32.1. The first-order valence-electron chi connectivity index (χ1n) is 7.25. The first kappa shape index (κ1) is 15.0. The number of carbonyl (C=O) groups is 2. The molecule has 1 aliphatic rings. The van der Waals surface area contributed by atoms with Crippen molar-refractivity contribution in [3.63, 3.8) is 0 Å². The number of aromatic nitrogens is 2. The summed E-state index contributed by atoms with van der Waals surface area (Å²) in [5.74, 6) is -0.379. The Morgan fingerprint density at radius 2 is 2.09 bits per heavy atom. The van der Waals surface area contributed by atoms with E-state index < -0.39 is 5.97 Å². The van der Waals surface area contributed by atoms with E-state index in [2.05, 4.69) is 25.3 Å². The molecule has 0 atom stereocenters. The summed E-state index contributed by atoms with van der Waals surface area (Å²) in [5.41, 5.74) is 1.11. The Morgan fingerprint density at radius 1 is 1.26 bits per heavy atom. The second kappa shape index (κ2) is 6.43. The van der Waals surface area contributed by atoms with Crippen molar-refractivity contribution in [3.8, 4) is 0 Å². The first-order valence-corrected chi connectivity index (χ1v) is 7.25. The van der Waals surface area contributed by atoms with Gasteiger partial charge in [0.05, 0.1) is 12.7 Å². The van der Waals surface area contributed by atoms with Crippen LogP contribution in [0.15, 0.2) is 36.5 Å². The minimum Gasteiger partial charge on any atom is -0.465 e. The van der Waals surface area contributed by atoms with Gasteiger partial charge in [0.15, 0.2) is 0 Å². The van der Waals surface area contributed by atoms with Gasteiger partial charge in [-0.2, -0.15) is 0 Å². The average Bonchev–Trinajstić information content (AvgIpc) is 3.38. The van der Waals surface area contributed by atoms with E-state index in [9.17, 15) is 9.59 Å². The zero-order valence-corrected chi connectivity index (χ0v) is 12.6. The molecule has 1 fully saturated rings. The Labute approximate surface area is 133 Å². The van der Waals surface area contributed by atoms with Crippen LogP contribution in [0.4, 0.5) is 11.6 Å². The molecule has 0 saturated heterocycles. The molecule has 118 valence electrons. The standard InChI is InChI=1S/C16H16N4O3/c1-23-15(22)10-3-2-4-12(9-10)18-14(21)13-7-8-17-16(20-13)19-11-5-6-11/h2-4,7-9,11H,5-6H2,1H3,(H,18,21)(H,17,19,20). The van der Waals surface area contributed by atoms with Crippen molar-refractivity contribution < 1.29 is 14.3 Å². The van der Waals surface area contributed by atoms with E-state index in [1.54, 1.807) is 24.3 Å². The van der Waals surface area contributed by atoms with Crippen molar-refractivity contribution in [2.75, 3.05) is 17.7 Å². The van der Waals surface area contributed by atoms with Gasteiger partial charge in [-0.25, -0.2) is 14.8 Å². The molecule has 23 heavy (non-hydrogen) atoms. The van der Waals surface area contributed by atoms with E-state index >= 15 is 0 Å². The Balaban J connectivity index is 1.72. The van der Waals surface area contributed by atoms with Crippen LogP contribution in [-0.2, 0) is 4.74 Å². The Bertz CT molecular complexity index is 744. The molecular weight excluding hydrogens is 296 g/mol. The highest BCUT2D eigenvalue weighted by molar-refractivity contribution is 6.03. The number of ether oxygens (including phenoxy) is 1. The summed E-state index contributed by atoms with van der Waals surface area (Å²) in [5, 5.41) is 5.85. The van der Waals surface area contributed by atoms with Crippen LogP contribution in [0.3, 0.4) is 0 Å². The summed E-state index contributed by atoms with van der Waals surface area (Å²) in [6.45, 7) is 0. The predicted octanol–water partition coefficient (Wildman–Crippen LogP) is 2.09. The fraction of sp³-hybridized carbons (Fsp3) is 0.250. The van der Waals surface area contributed by atoms with Gasteiger partial charge in [0.25, 0.3) is 5.91 Å². The largest absolute Gasteiger partial charge is 0.465 e. The molecule has 7 nitrogen and oxygen atoms in total. The van der Waals surface area contributed by atoms with Crippen molar-refractivity contribution in [2.24, 2.45) is 0 Å². The normalized spacial score (nSPS) is 13.3. The number of amides is 1. The third kappa shape index (κ3) is 3.82. The number of carbonyl (C=O) groups excluding carboxylic acids is 2. The third-order valence-corrected chi connectivity index (χ3v) is 3.34. The Hall–Kier alpha value is -2.96. The molecule has 3 rings (SSSR count). The molecule has 1 saturated carbocycles. The third-order valence-electron chi connectivity index (χ3n) is 3.34. The first-order chi connectivity index (χ1) is 11.2. The van der Waals surface area contributed by atoms with Gasteiger partial charge in [-0.3, -0.25) is 4.79 Å². The van der Waals surface area contributed by atoms with Gasteiger partial charge in [-0.05, 0) is 37.1 Å². The second-order valence-electron chi connectivity index (χ2n) is 5.21. The molecule has 0 unspecified atom stereocenters. The number of hydrogen-bond donors (Lipinski definition) is 2. The van der Waals surface area contributed by atoms with Crippen molar-refractivity contribution in [1.29, 1.82) is 0 Å². The summed E-state index contributed by atoms with van der Waals surface area (Å²) in [6, 6.07) is 8.47. The number of esters is 1. The quantitative estimate of drug-likeness (QED) is 0.821. The van der Waals surface area contributed by atoms with E-state index in [4.69, 9.17) is 0 Å². The second-order valence-corrected chi connectivity index (χ2v) is 5.21. The van der Waals surface area contributed by atoms with Crippen LogP contribution < -0.4 is 10.6 Å². The summed E-state index contributed by atoms with van der Waals surface area (Å²) < 4.78 is 4.66. The molecular formula is C16H16N4O3. The van der Waals surface area contributed by atoms with Crippen molar-refractivity contribution in [1.82, 2.24) is 9.97 Å². The number of methoxy groups -OCH3 is 1. The molecule has 2 N–H and O–H groups in total. The minimum absolute atomic E-state index is 0.256. The van der Waals surface area contributed by atoms with Gasteiger partial charge >= 0.3 is 5.97 Å². The monoisotopic (exact) mass is 312 g/mol. The highest BCUT2D eigenvalue weighted by Gasteiger charge is 2.22. The van der Waals surface area contributed by atoms with Gasteiger partial charge in [0, 0.05) is 17.9 Å². The molecule has 1 amide bonds. The maximum Gasteiger partial charge on any atom is 0.337 e. The number of rotatable bonds is 5. The number of hydrogen-bond acceptors (Lipinski definition) is 6. The fourth-order valence-corrected chi connectivity index (χ4v) is 2.00. The molecule has 7 heteroatoms. The molecule has 1 aromatic carbocycles. The van der Waals surface area contributed by atoms with E-state index in [0.717, 1.165) is 12.8 Å². The highest BCUT2D eigenvalue weighted by atomic mass is 16.5. The van der Waals surface area contributed by atoms with Crippen LogP contribution in [0, 0.1) is 0 Å². The molecule has 0 aliphatic heterocycles. The fourth-order valence-electron chi connectivity index (χ4n) is 2.00. The summed E-state index contributed by atoms with van der Waals surface area (Å²) in [6.07, 6.45) is 3.73. The molecule has 1 aromatic heterocycles. The van der Waals surface area contributed by atoms with Crippen molar-refractivity contribution >= 4 is 23.5 Å². The maximum absolute atomic E-state index is 12.3. The highest BCUT2D eigenvalue weighted by Crippen LogP contribution is 2.22.